The molecule has 0 spiro atoms. The number of nitrogens with zero attached hydrogens (tertiary/aromatic N) is 1. The van der Waals surface area contributed by atoms with Gasteiger partial charge in [0.2, 0.25) is 0 Å². The van der Waals surface area contributed by atoms with Crippen LogP contribution in [0.2, 0.25) is 0 Å². The summed E-state index contributed by atoms with van der Waals surface area (Å²) in [6.07, 6.45) is 22.1. The van der Waals surface area contributed by atoms with Crippen molar-refractivity contribution in [2.24, 2.45) is 0 Å². The summed E-state index contributed by atoms with van der Waals surface area (Å²) in [5.41, 5.74) is 0. The van der Waals surface area contributed by atoms with E-state index in [0.29, 0.717) is 13.0 Å². The Labute approximate surface area is 205 Å². The molecule has 2 N–H and O–H groups in total. The van der Waals surface area contributed by atoms with Gasteiger partial charge in [-0.05, 0) is 38.8 Å². The molecule has 33 heavy (non-hydrogen) atoms. The van der Waals surface area contributed by atoms with Crippen molar-refractivity contribution in [3.8, 4) is 0 Å². The third kappa shape index (κ3) is 21.6. The Morgan fingerprint density at radius 1 is 0.636 bits per heavy atom. The van der Waals surface area contributed by atoms with Crippen molar-refractivity contribution in [2.75, 3.05) is 32.9 Å². The molecule has 0 fully saturated rings. The van der Waals surface area contributed by atoms with E-state index in [0.717, 1.165) is 58.0 Å². The first kappa shape index (κ1) is 32.4. The summed E-state index contributed by atoms with van der Waals surface area (Å²) in [6, 6.07) is -0.133. The Balaban J connectivity index is 3.70. The van der Waals surface area contributed by atoms with Crippen LogP contribution in [0.25, 0.3) is 0 Å². The number of esters is 1. The second-order valence-electron chi connectivity index (χ2n) is 9.68. The highest BCUT2D eigenvalue weighted by molar-refractivity contribution is 5.69. The van der Waals surface area contributed by atoms with Crippen molar-refractivity contribution in [1.82, 2.24) is 4.90 Å². The van der Waals surface area contributed by atoms with Crippen molar-refractivity contribution in [3.63, 3.8) is 0 Å². The van der Waals surface area contributed by atoms with E-state index in [9.17, 15) is 15.0 Å². The molecular formula is C28H57NO4. The number of rotatable bonds is 26. The van der Waals surface area contributed by atoms with E-state index in [1.807, 2.05) is 0 Å². The molecule has 0 aliphatic carbocycles. The van der Waals surface area contributed by atoms with E-state index in [4.69, 9.17) is 4.74 Å². The molecule has 0 aliphatic rings. The highest BCUT2D eigenvalue weighted by Gasteiger charge is 2.16. The van der Waals surface area contributed by atoms with Crippen LogP contribution in [0.15, 0.2) is 0 Å². The lowest BCUT2D eigenvalue weighted by Gasteiger charge is -2.29. The zero-order valence-electron chi connectivity index (χ0n) is 22.2. The monoisotopic (exact) mass is 471 g/mol. The second kappa shape index (κ2) is 26.0. The predicted molar refractivity (Wildman–Crippen MR) is 140 cm³/mol. The van der Waals surface area contributed by atoms with Crippen molar-refractivity contribution in [2.45, 2.75) is 142 Å². The van der Waals surface area contributed by atoms with Gasteiger partial charge in [0.1, 0.15) is 0 Å². The van der Waals surface area contributed by atoms with Gasteiger partial charge in [-0.3, -0.25) is 9.69 Å². The van der Waals surface area contributed by atoms with Crippen LogP contribution in [-0.4, -0.2) is 60.0 Å². The summed E-state index contributed by atoms with van der Waals surface area (Å²) in [5.74, 6) is -0.0418. The van der Waals surface area contributed by atoms with Crippen LogP contribution in [-0.2, 0) is 9.53 Å². The first-order chi connectivity index (χ1) is 16.2. The van der Waals surface area contributed by atoms with Gasteiger partial charge in [0.05, 0.1) is 25.9 Å². The van der Waals surface area contributed by atoms with Crippen LogP contribution in [0.3, 0.4) is 0 Å². The first-order valence-electron chi connectivity index (χ1n) is 14.3. The zero-order chi connectivity index (χ0) is 24.4. The lowest BCUT2D eigenvalue weighted by Crippen LogP contribution is -2.41. The minimum absolute atomic E-state index is 0.0211. The van der Waals surface area contributed by atoms with Gasteiger partial charge in [-0.25, -0.2) is 0 Å². The summed E-state index contributed by atoms with van der Waals surface area (Å²) >= 11 is 0. The van der Waals surface area contributed by atoms with E-state index in [1.165, 1.54) is 70.6 Å². The summed E-state index contributed by atoms with van der Waals surface area (Å²) in [6.45, 7) is 6.98. The molecule has 0 atom stereocenters. The van der Waals surface area contributed by atoms with E-state index in [1.54, 1.807) is 0 Å². The molecule has 0 saturated heterocycles. The van der Waals surface area contributed by atoms with Crippen molar-refractivity contribution in [1.29, 1.82) is 0 Å². The Hall–Kier alpha value is -0.650. The summed E-state index contributed by atoms with van der Waals surface area (Å²) in [4.78, 5) is 14.1. The van der Waals surface area contributed by atoms with Gasteiger partial charge in [0.15, 0.2) is 0 Å². The predicted octanol–water partition coefficient (Wildman–Crippen LogP) is 6.64. The van der Waals surface area contributed by atoms with E-state index in [2.05, 4.69) is 18.7 Å². The number of carbonyl (C=O) groups is 1. The number of hydrogen-bond acceptors (Lipinski definition) is 5. The van der Waals surface area contributed by atoms with E-state index >= 15 is 0 Å². The molecule has 0 bridgehead atoms. The maximum Gasteiger partial charge on any atom is 0.305 e. The third-order valence-electron chi connectivity index (χ3n) is 6.57. The molecule has 198 valence electrons. The molecule has 0 aromatic rings. The quantitative estimate of drug-likeness (QED) is 0.109. The minimum atomic E-state index is -0.133. The lowest BCUT2D eigenvalue weighted by atomic mass is 10.1. The number of ether oxygens (including phenoxy) is 1. The Morgan fingerprint density at radius 2 is 1.06 bits per heavy atom. The number of carbonyl (C=O) groups excluding carboxylic acids is 1. The van der Waals surface area contributed by atoms with Crippen molar-refractivity contribution >= 4 is 5.97 Å². The smallest absolute Gasteiger partial charge is 0.305 e. The first-order valence-corrected chi connectivity index (χ1v) is 14.3. The van der Waals surface area contributed by atoms with Crippen LogP contribution < -0.4 is 0 Å². The topological polar surface area (TPSA) is 70.0 Å². The molecule has 0 unspecified atom stereocenters. The van der Waals surface area contributed by atoms with Gasteiger partial charge in [-0.1, -0.05) is 104 Å². The van der Waals surface area contributed by atoms with Crippen LogP contribution in [0.5, 0.6) is 0 Å². The van der Waals surface area contributed by atoms with Crippen molar-refractivity contribution in [3.05, 3.63) is 0 Å². The van der Waals surface area contributed by atoms with Gasteiger partial charge in [-0.2, -0.15) is 0 Å². The van der Waals surface area contributed by atoms with Gasteiger partial charge < -0.3 is 14.9 Å². The largest absolute Gasteiger partial charge is 0.466 e. The minimum Gasteiger partial charge on any atom is -0.466 e. The molecule has 0 heterocycles. The molecule has 5 nitrogen and oxygen atoms in total. The molecule has 5 heteroatoms. The highest BCUT2D eigenvalue weighted by Crippen LogP contribution is 2.12. The standard InChI is InChI=1S/C28H57NO4/c1-3-5-7-9-11-16-20-24-33-28(32)21-17-13-12-15-19-23-29(27(25-30)26-31)22-18-14-10-8-6-4-2/h27,30-31H,3-26H2,1-2H3. The van der Waals surface area contributed by atoms with Crippen LogP contribution >= 0.6 is 0 Å². The Morgan fingerprint density at radius 3 is 1.55 bits per heavy atom. The maximum atomic E-state index is 11.8. The summed E-state index contributed by atoms with van der Waals surface area (Å²) < 4.78 is 5.36. The second-order valence-corrected chi connectivity index (χ2v) is 9.68. The van der Waals surface area contributed by atoms with Crippen molar-refractivity contribution < 1.29 is 19.7 Å². The fourth-order valence-electron chi connectivity index (χ4n) is 4.29. The summed E-state index contributed by atoms with van der Waals surface area (Å²) in [5, 5.41) is 19.2. The number of hydrogen-bond donors (Lipinski definition) is 2. The van der Waals surface area contributed by atoms with Gasteiger partial charge in [0, 0.05) is 6.42 Å². The molecule has 0 radical (unpaired) electrons. The summed E-state index contributed by atoms with van der Waals surface area (Å²) in [7, 11) is 0. The average molecular weight is 472 g/mol. The molecule has 0 saturated carbocycles. The molecule has 0 aromatic carbocycles. The number of aliphatic hydroxyl groups is 2. The van der Waals surface area contributed by atoms with E-state index < -0.39 is 0 Å². The molecule has 0 amide bonds. The normalized spacial score (nSPS) is 11.6. The fraction of sp³-hybridized carbons (Fsp3) is 0.964. The highest BCUT2D eigenvalue weighted by atomic mass is 16.5. The SMILES string of the molecule is CCCCCCCCCOC(=O)CCCCCCCN(CCCCCCCC)C(CO)CO. The Bertz CT molecular complexity index is 401. The molecule has 0 rings (SSSR count). The number of unbranched alkanes of at least 4 members (excludes halogenated alkanes) is 15. The third-order valence-corrected chi connectivity index (χ3v) is 6.57. The molecule has 0 aromatic heterocycles. The van der Waals surface area contributed by atoms with Crippen LogP contribution in [0.4, 0.5) is 0 Å². The van der Waals surface area contributed by atoms with Crippen LogP contribution in [0, 0.1) is 0 Å². The molecular weight excluding hydrogens is 414 g/mol. The fourth-order valence-corrected chi connectivity index (χ4v) is 4.29. The van der Waals surface area contributed by atoms with Gasteiger partial charge >= 0.3 is 5.97 Å². The van der Waals surface area contributed by atoms with Gasteiger partial charge in [0.25, 0.3) is 0 Å². The van der Waals surface area contributed by atoms with E-state index in [-0.39, 0.29) is 25.2 Å². The molecule has 0 aliphatic heterocycles. The van der Waals surface area contributed by atoms with Gasteiger partial charge in [-0.15, -0.1) is 0 Å². The zero-order valence-corrected chi connectivity index (χ0v) is 22.2. The number of aliphatic hydroxyl groups excluding tert-OH is 2. The van der Waals surface area contributed by atoms with Crippen LogP contribution in [0.1, 0.15) is 136 Å². The lowest BCUT2D eigenvalue weighted by molar-refractivity contribution is -0.143. The maximum absolute atomic E-state index is 11.8. The average Bonchev–Trinajstić information content (AvgIpc) is 2.82. The Kier molecular flexibility index (Phi) is 25.5.